The van der Waals surface area contributed by atoms with Crippen LogP contribution in [-0.2, 0) is 5.54 Å². The lowest BCUT2D eigenvalue weighted by molar-refractivity contribution is 0.247. The summed E-state index contributed by atoms with van der Waals surface area (Å²) in [6.45, 7) is 2.03. The van der Waals surface area contributed by atoms with Crippen molar-refractivity contribution >= 4 is 0 Å². The van der Waals surface area contributed by atoms with Gasteiger partial charge in [0.25, 0.3) is 0 Å². The first kappa shape index (κ1) is 8.30. The van der Waals surface area contributed by atoms with Gasteiger partial charge in [-0.25, -0.2) is 0 Å². The summed E-state index contributed by atoms with van der Waals surface area (Å²) in [6.07, 6.45) is 4.28. The minimum Gasteiger partial charge on any atom is -0.396 e. The maximum Gasteiger partial charge on any atom is 0.0451 e. The van der Waals surface area contributed by atoms with Gasteiger partial charge in [0, 0.05) is 24.5 Å². The van der Waals surface area contributed by atoms with Crippen LogP contribution in [0.4, 0.5) is 0 Å². The number of hydrogen-bond acceptors (Lipinski definition) is 2. The van der Waals surface area contributed by atoms with E-state index < -0.39 is 5.54 Å². The highest BCUT2D eigenvalue weighted by molar-refractivity contribution is 5.18. The van der Waals surface area contributed by atoms with Gasteiger partial charge in [-0.2, -0.15) is 0 Å². The molecule has 0 radical (unpaired) electrons. The van der Waals surface area contributed by atoms with Crippen molar-refractivity contribution in [3.63, 3.8) is 0 Å². The zero-order valence-electron chi connectivity index (χ0n) is 6.67. The fourth-order valence-corrected chi connectivity index (χ4v) is 1.06. The fraction of sp³-hybridized carbons (Fsp3) is 0.500. The van der Waals surface area contributed by atoms with Gasteiger partial charge in [-0.3, -0.25) is 0 Å². The van der Waals surface area contributed by atoms with E-state index in [2.05, 4.69) is 4.98 Å². The predicted octanol–water partition coefficient (Wildman–Crippen LogP) is 0.571. The van der Waals surface area contributed by atoms with Crippen molar-refractivity contribution in [2.75, 3.05) is 6.61 Å². The topological polar surface area (TPSA) is 62.0 Å². The van der Waals surface area contributed by atoms with E-state index in [0.717, 1.165) is 5.56 Å². The number of aromatic nitrogens is 1. The summed E-state index contributed by atoms with van der Waals surface area (Å²) >= 11 is 0. The second kappa shape index (κ2) is 3.07. The van der Waals surface area contributed by atoms with Gasteiger partial charge in [0.2, 0.25) is 0 Å². The molecule has 0 spiro atoms. The molecular weight excluding hydrogens is 140 g/mol. The lowest BCUT2D eigenvalue weighted by atomic mass is 9.93. The Kier molecular flexibility index (Phi) is 2.31. The van der Waals surface area contributed by atoms with Crippen LogP contribution < -0.4 is 5.73 Å². The first-order valence-electron chi connectivity index (χ1n) is 3.70. The maximum absolute atomic E-state index is 8.71. The van der Waals surface area contributed by atoms with Crippen molar-refractivity contribution in [1.82, 2.24) is 4.98 Å². The van der Waals surface area contributed by atoms with Crippen molar-refractivity contribution in [1.29, 1.82) is 0 Å². The number of nitrogens with one attached hydrogen (secondary N) is 1. The van der Waals surface area contributed by atoms with Gasteiger partial charge in [-0.15, -0.1) is 0 Å². The highest BCUT2D eigenvalue weighted by atomic mass is 16.3. The van der Waals surface area contributed by atoms with Crippen molar-refractivity contribution in [2.24, 2.45) is 5.73 Å². The average Bonchev–Trinajstić information content (AvgIpc) is 2.37. The summed E-state index contributed by atoms with van der Waals surface area (Å²) in [5, 5.41) is 8.71. The number of aromatic amines is 1. The van der Waals surface area contributed by atoms with E-state index >= 15 is 0 Å². The molecule has 11 heavy (non-hydrogen) atoms. The van der Waals surface area contributed by atoms with Gasteiger partial charge < -0.3 is 15.8 Å². The average molecular weight is 154 g/mol. The molecule has 1 heterocycles. The number of hydrogen-bond donors (Lipinski definition) is 3. The molecule has 0 bridgehead atoms. The molecule has 0 aliphatic rings. The third-order valence-corrected chi connectivity index (χ3v) is 1.89. The van der Waals surface area contributed by atoms with Crippen LogP contribution in [0.15, 0.2) is 18.5 Å². The molecule has 0 saturated heterocycles. The molecule has 0 unspecified atom stereocenters. The van der Waals surface area contributed by atoms with Gasteiger partial charge in [-0.1, -0.05) is 0 Å². The molecule has 3 nitrogen and oxygen atoms in total. The van der Waals surface area contributed by atoms with Crippen LogP contribution in [0.1, 0.15) is 18.9 Å². The van der Waals surface area contributed by atoms with E-state index in [1.165, 1.54) is 0 Å². The fourth-order valence-electron chi connectivity index (χ4n) is 1.06. The molecule has 3 heteroatoms. The summed E-state index contributed by atoms with van der Waals surface area (Å²) in [7, 11) is 0. The predicted molar refractivity (Wildman–Crippen MR) is 44.0 cm³/mol. The van der Waals surface area contributed by atoms with E-state index in [-0.39, 0.29) is 6.61 Å². The zero-order valence-corrected chi connectivity index (χ0v) is 6.67. The van der Waals surface area contributed by atoms with Crippen LogP contribution in [0.25, 0.3) is 0 Å². The van der Waals surface area contributed by atoms with Crippen LogP contribution in [0.3, 0.4) is 0 Å². The van der Waals surface area contributed by atoms with Gasteiger partial charge >= 0.3 is 0 Å². The van der Waals surface area contributed by atoms with Gasteiger partial charge in [0.15, 0.2) is 0 Å². The van der Waals surface area contributed by atoms with Gasteiger partial charge in [-0.05, 0) is 25.0 Å². The van der Waals surface area contributed by atoms with E-state index in [0.29, 0.717) is 6.42 Å². The molecule has 0 aliphatic carbocycles. The van der Waals surface area contributed by atoms with E-state index in [1.807, 2.05) is 25.4 Å². The molecule has 1 aromatic rings. The monoisotopic (exact) mass is 154 g/mol. The number of H-pyrrole nitrogens is 1. The quantitative estimate of drug-likeness (QED) is 0.596. The van der Waals surface area contributed by atoms with Gasteiger partial charge in [0.1, 0.15) is 0 Å². The third-order valence-electron chi connectivity index (χ3n) is 1.89. The van der Waals surface area contributed by atoms with Crippen LogP contribution in [-0.4, -0.2) is 16.7 Å². The van der Waals surface area contributed by atoms with Crippen LogP contribution >= 0.6 is 0 Å². The number of rotatable bonds is 3. The molecule has 0 aliphatic heterocycles. The van der Waals surface area contributed by atoms with E-state index in [9.17, 15) is 0 Å². The van der Waals surface area contributed by atoms with Crippen molar-refractivity contribution in [3.8, 4) is 0 Å². The van der Waals surface area contributed by atoms with Crippen molar-refractivity contribution in [2.45, 2.75) is 18.9 Å². The summed E-state index contributed by atoms with van der Waals surface area (Å²) < 4.78 is 0. The number of nitrogens with two attached hydrogens (primary N) is 1. The molecular formula is C8H14N2O. The minimum absolute atomic E-state index is 0.123. The third kappa shape index (κ3) is 1.82. The molecule has 1 atom stereocenters. The number of aliphatic hydroxyl groups excluding tert-OH is 1. The SMILES string of the molecule is C[C@@](N)(CCO)c1cc[nH]c1. The first-order chi connectivity index (χ1) is 5.17. The van der Waals surface area contributed by atoms with E-state index in [1.54, 1.807) is 0 Å². The zero-order chi connectivity index (χ0) is 8.32. The molecule has 1 rings (SSSR count). The second-order valence-corrected chi connectivity index (χ2v) is 2.99. The molecule has 1 aromatic heterocycles. The standard InChI is InChI=1S/C8H14N2O/c1-8(9,3-5-11)7-2-4-10-6-7/h2,4,6,10-11H,3,5,9H2,1H3/t8-/m1/s1. The molecule has 62 valence electrons. The second-order valence-electron chi connectivity index (χ2n) is 2.99. The Morgan fingerprint density at radius 2 is 2.45 bits per heavy atom. The van der Waals surface area contributed by atoms with Crippen molar-refractivity contribution in [3.05, 3.63) is 24.0 Å². The molecule has 0 saturated carbocycles. The normalized spacial score (nSPS) is 16.3. The molecule has 0 fully saturated rings. The Hall–Kier alpha value is -0.800. The highest BCUT2D eigenvalue weighted by Crippen LogP contribution is 2.19. The van der Waals surface area contributed by atoms with Crippen molar-refractivity contribution < 1.29 is 5.11 Å². The van der Waals surface area contributed by atoms with E-state index in [4.69, 9.17) is 10.8 Å². The Balaban J connectivity index is 2.73. The van der Waals surface area contributed by atoms with Gasteiger partial charge in [0.05, 0.1) is 0 Å². The Bertz CT molecular complexity index is 204. The Labute approximate surface area is 66.2 Å². The van der Waals surface area contributed by atoms with Crippen LogP contribution in [0, 0.1) is 0 Å². The molecule has 4 N–H and O–H groups in total. The minimum atomic E-state index is -0.408. The Morgan fingerprint density at radius 3 is 2.91 bits per heavy atom. The highest BCUT2D eigenvalue weighted by Gasteiger charge is 2.20. The first-order valence-corrected chi connectivity index (χ1v) is 3.70. The van der Waals surface area contributed by atoms with Crippen LogP contribution in [0.2, 0.25) is 0 Å². The number of aliphatic hydroxyl groups is 1. The largest absolute Gasteiger partial charge is 0.396 e. The Morgan fingerprint density at radius 1 is 1.73 bits per heavy atom. The summed E-state index contributed by atoms with van der Waals surface area (Å²) in [5.41, 5.74) is 6.54. The summed E-state index contributed by atoms with van der Waals surface area (Å²) in [4.78, 5) is 2.93. The smallest absolute Gasteiger partial charge is 0.0451 e. The maximum atomic E-state index is 8.71. The summed E-state index contributed by atoms with van der Waals surface area (Å²) in [5.74, 6) is 0. The molecule has 0 aromatic carbocycles. The molecule has 0 amide bonds. The lowest BCUT2D eigenvalue weighted by Crippen LogP contribution is -2.33. The summed E-state index contributed by atoms with van der Waals surface area (Å²) in [6, 6.07) is 1.93. The van der Waals surface area contributed by atoms with Crippen LogP contribution in [0.5, 0.6) is 0 Å². The lowest BCUT2D eigenvalue weighted by Gasteiger charge is -2.22.